The molecule has 0 saturated heterocycles. The molecule has 6 heteroatoms. The van der Waals surface area contributed by atoms with Gasteiger partial charge in [-0.2, -0.15) is 0 Å². The predicted octanol–water partition coefficient (Wildman–Crippen LogP) is 0.457. The molecule has 0 saturated carbocycles. The largest absolute Gasteiger partial charge is 0.397 e. The number of aliphatic hydroxyl groups is 1. The Balaban J connectivity index is 2.58. The summed E-state index contributed by atoms with van der Waals surface area (Å²) in [7, 11) is 1.55. The SMILES string of the molecule is COCC(CCO)NC(=O)c1sccc1N. The van der Waals surface area contributed by atoms with Crippen LogP contribution < -0.4 is 11.1 Å². The van der Waals surface area contributed by atoms with Crippen molar-refractivity contribution in [3.8, 4) is 0 Å². The second-order valence-electron chi connectivity index (χ2n) is 3.34. The molecule has 0 aliphatic heterocycles. The Morgan fingerprint density at radius 3 is 3.00 bits per heavy atom. The third-order valence-corrected chi connectivity index (χ3v) is 3.01. The predicted molar refractivity (Wildman–Crippen MR) is 63.6 cm³/mol. The summed E-state index contributed by atoms with van der Waals surface area (Å²) in [5.41, 5.74) is 6.11. The van der Waals surface area contributed by atoms with Crippen LogP contribution in [0, 0.1) is 0 Å². The van der Waals surface area contributed by atoms with Gasteiger partial charge in [0.25, 0.3) is 5.91 Å². The molecule has 0 aliphatic carbocycles. The molecule has 16 heavy (non-hydrogen) atoms. The Hall–Kier alpha value is -1.11. The van der Waals surface area contributed by atoms with E-state index in [1.54, 1.807) is 18.6 Å². The van der Waals surface area contributed by atoms with E-state index in [4.69, 9.17) is 15.6 Å². The van der Waals surface area contributed by atoms with E-state index in [2.05, 4.69) is 5.32 Å². The van der Waals surface area contributed by atoms with Gasteiger partial charge in [-0.15, -0.1) is 11.3 Å². The third kappa shape index (κ3) is 3.48. The van der Waals surface area contributed by atoms with Crippen molar-refractivity contribution < 1.29 is 14.6 Å². The van der Waals surface area contributed by atoms with Gasteiger partial charge in [0.15, 0.2) is 0 Å². The van der Waals surface area contributed by atoms with Crippen molar-refractivity contribution in [2.24, 2.45) is 0 Å². The quantitative estimate of drug-likeness (QED) is 0.678. The summed E-state index contributed by atoms with van der Waals surface area (Å²) in [5, 5.41) is 13.4. The van der Waals surface area contributed by atoms with Gasteiger partial charge in [-0.3, -0.25) is 4.79 Å². The van der Waals surface area contributed by atoms with Crippen molar-refractivity contribution >= 4 is 22.9 Å². The molecule has 1 rings (SSSR count). The second kappa shape index (κ2) is 6.47. The Labute approximate surface area is 98.2 Å². The molecule has 4 N–H and O–H groups in total. The van der Waals surface area contributed by atoms with Crippen LogP contribution in [0.1, 0.15) is 16.1 Å². The van der Waals surface area contributed by atoms with Gasteiger partial charge < -0.3 is 20.9 Å². The molecule has 1 aromatic rings. The van der Waals surface area contributed by atoms with Crippen LogP contribution in [0.2, 0.25) is 0 Å². The summed E-state index contributed by atoms with van der Waals surface area (Å²) in [6, 6.07) is 1.50. The van der Waals surface area contributed by atoms with Crippen molar-refractivity contribution in [3.05, 3.63) is 16.3 Å². The van der Waals surface area contributed by atoms with Gasteiger partial charge in [0.1, 0.15) is 4.88 Å². The van der Waals surface area contributed by atoms with Crippen molar-refractivity contribution in [3.63, 3.8) is 0 Å². The van der Waals surface area contributed by atoms with Gasteiger partial charge in [-0.05, 0) is 17.9 Å². The number of methoxy groups -OCH3 is 1. The second-order valence-corrected chi connectivity index (χ2v) is 4.26. The molecular formula is C10H16N2O3S. The number of nitrogens with one attached hydrogen (secondary N) is 1. The average Bonchev–Trinajstić information content (AvgIpc) is 2.65. The zero-order valence-corrected chi connectivity index (χ0v) is 9.92. The highest BCUT2D eigenvalue weighted by Crippen LogP contribution is 2.18. The molecule has 0 aromatic carbocycles. The normalized spacial score (nSPS) is 12.4. The summed E-state index contributed by atoms with van der Waals surface area (Å²) in [6.45, 7) is 0.381. The number of rotatable bonds is 6. The molecule has 1 amide bonds. The molecule has 1 heterocycles. The molecule has 1 aromatic heterocycles. The van der Waals surface area contributed by atoms with E-state index in [-0.39, 0.29) is 18.6 Å². The number of carbonyl (C=O) groups is 1. The lowest BCUT2D eigenvalue weighted by molar-refractivity contribution is 0.0883. The highest BCUT2D eigenvalue weighted by molar-refractivity contribution is 7.12. The number of amides is 1. The third-order valence-electron chi connectivity index (χ3n) is 2.08. The fourth-order valence-electron chi connectivity index (χ4n) is 1.31. The van der Waals surface area contributed by atoms with Crippen LogP contribution in [0.25, 0.3) is 0 Å². The van der Waals surface area contributed by atoms with Gasteiger partial charge in [-0.25, -0.2) is 0 Å². The van der Waals surface area contributed by atoms with E-state index in [9.17, 15) is 4.79 Å². The summed E-state index contributed by atoms with van der Waals surface area (Å²) < 4.78 is 4.95. The number of nitrogens with two attached hydrogens (primary N) is 1. The lowest BCUT2D eigenvalue weighted by Crippen LogP contribution is -2.38. The van der Waals surface area contributed by atoms with Crippen LogP contribution >= 0.6 is 11.3 Å². The molecule has 0 aliphatic rings. The minimum atomic E-state index is -0.219. The van der Waals surface area contributed by atoms with E-state index < -0.39 is 0 Å². The molecule has 5 nitrogen and oxygen atoms in total. The highest BCUT2D eigenvalue weighted by atomic mass is 32.1. The monoisotopic (exact) mass is 244 g/mol. The zero-order valence-electron chi connectivity index (χ0n) is 9.10. The first-order valence-corrected chi connectivity index (χ1v) is 5.80. The highest BCUT2D eigenvalue weighted by Gasteiger charge is 2.16. The smallest absolute Gasteiger partial charge is 0.263 e. The van der Waals surface area contributed by atoms with Crippen LogP contribution in [-0.2, 0) is 4.74 Å². The topological polar surface area (TPSA) is 84.6 Å². The maximum Gasteiger partial charge on any atom is 0.263 e. The fourth-order valence-corrected chi connectivity index (χ4v) is 2.03. The van der Waals surface area contributed by atoms with Crippen LogP contribution in [0.15, 0.2) is 11.4 Å². The van der Waals surface area contributed by atoms with E-state index in [1.807, 2.05) is 0 Å². The number of hydrogen-bond donors (Lipinski definition) is 3. The number of nitrogen functional groups attached to an aromatic ring is 1. The van der Waals surface area contributed by atoms with Crippen LogP contribution in [0.4, 0.5) is 5.69 Å². The van der Waals surface area contributed by atoms with E-state index in [1.165, 1.54) is 11.3 Å². The fraction of sp³-hybridized carbons (Fsp3) is 0.500. The molecule has 0 spiro atoms. The van der Waals surface area contributed by atoms with E-state index >= 15 is 0 Å². The zero-order chi connectivity index (χ0) is 12.0. The number of thiophene rings is 1. The molecular weight excluding hydrogens is 228 g/mol. The Kier molecular flexibility index (Phi) is 5.24. The Morgan fingerprint density at radius 2 is 2.50 bits per heavy atom. The van der Waals surface area contributed by atoms with Gasteiger partial charge in [0, 0.05) is 13.7 Å². The number of hydrogen-bond acceptors (Lipinski definition) is 5. The number of ether oxygens (including phenoxy) is 1. The maximum atomic E-state index is 11.8. The standard InChI is InChI=1S/C10H16N2O3S/c1-15-6-7(2-4-13)12-10(14)9-8(11)3-5-16-9/h3,5,7,13H,2,4,6,11H2,1H3,(H,12,14). The van der Waals surface area contributed by atoms with Crippen molar-refractivity contribution in [2.75, 3.05) is 26.1 Å². The number of carbonyl (C=O) groups excluding carboxylic acids is 1. The molecule has 90 valence electrons. The average molecular weight is 244 g/mol. The molecule has 0 radical (unpaired) electrons. The van der Waals surface area contributed by atoms with Crippen LogP contribution in [-0.4, -0.2) is 37.4 Å². The first-order valence-electron chi connectivity index (χ1n) is 4.92. The number of anilines is 1. The molecule has 0 fully saturated rings. The van der Waals surface area contributed by atoms with Crippen LogP contribution in [0.3, 0.4) is 0 Å². The first-order chi connectivity index (χ1) is 7.69. The Morgan fingerprint density at radius 1 is 1.75 bits per heavy atom. The molecule has 1 atom stereocenters. The molecule has 1 unspecified atom stereocenters. The van der Waals surface area contributed by atoms with Gasteiger partial charge in [0.2, 0.25) is 0 Å². The summed E-state index contributed by atoms with van der Waals surface area (Å²) in [4.78, 5) is 12.3. The number of aliphatic hydroxyl groups excluding tert-OH is 1. The van der Waals surface area contributed by atoms with Crippen LogP contribution in [0.5, 0.6) is 0 Å². The minimum absolute atomic E-state index is 0.00816. The van der Waals surface area contributed by atoms with Crippen molar-refractivity contribution in [1.82, 2.24) is 5.32 Å². The summed E-state index contributed by atoms with van der Waals surface area (Å²) >= 11 is 1.30. The lowest BCUT2D eigenvalue weighted by atomic mass is 10.2. The maximum absolute atomic E-state index is 11.8. The summed E-state index contributed by atoms with van der Waals surface area (Å²) in [6.07, 6.45) is 0.463. The molecule has 0 bridgehead atoms. The van der Waals surface area contributed by atoms with E-state index in [0.717, 1.165) is 0 Å². The van der Waals surface area contributed by atoms with Gasteiger partial charge in [-0.1, -0.05) is 0 Å². The van der Waals surface area contributed by atoms with Gasteiger partial charge >= 0.3 is 0 Å². The van der Waals surface area contributed by atoms with Crippen molar-refractivity contribution in [1.29, 1.82) is 0 Å². The van der Waals surface area contributed by atoms with Gasteiger partial charge in [0.05, 0.1) is 18.3 Å². The van der Waals surface area contributed by atoms with E-state index in [0.29, 0.717) is 23.6 Å². The lowest BCUT2D eigenvalue weighted by Gasteiger charge is -2.16. The Bertz CT molecular complexity index is 335. The first kappa shape index (κ1) is 13.0. The van der Waals surface area contributed by atoms with Crippen molar-refractivity contribution in [2.45, 2.75) is 12.5 Å². The summed E-state index contributed by atoms with van der Waals surface area (Å²) in [5.74, 6) is -0.219. The minimum Gasteiger partial charge on any atom is -0.397 e.